The van der Waals surface area contributed by atoms with Crippen molar-refractivity contribution in [1.29, 1.82) is 0 Å². The van der Waals surface area contributed by atoms with Gasteiger partial charge in [-0.1, -0.05) is 0 Å². The van der Waals surface area contributed by atoms with Crippen LogP contribution in [0.3, 0.4) is 0 Å². The van der Waals surface area contributed by atoms with Gasteiger partial charge in [0, 0.05) is 13.7 Å². The smallest absolute Gasteiger partial charge is 0.325 e. The van der Waals surface area contributed by atoms with Gasteiger partial charge in [0.15, 0.2) is 0 Å². The highest BCUT2D eigenvalue weighted by Gasteiger charge is 2.11. The molecule has 0 radical (unpaired) electrons. The van der Waals surface area contributed by atoms with Crippen molar-refractivity contribution < 1.29 is 22.6 Å². The van der Waals surface area contributed by atoms with E-state index in [1.54, 1.807) is 7.11 Å². The predicted molar refractivity (Wildman–Crippen MR) is 61.9 cm³/mol. The van der Waals surface area contributed by atoms with Crippen molar-refractivity contribution in [2.45, 2.75) is 0 Å². The number of nitrogens with one attached hydrogen (secondary N) is 1. The molecule has 17 heavy (non-hydrogen) atoms. The zero-order valence-corrected chi connectivity index (χ0v) is 10.7. The van der Waals surface area contributed by atoms with Crippen LogP contribution in [0.25, 0.3) is 4.85 Å². The van der Waals surface area contributed by atoms with Gasteiger partial charge in [-0.25, -0.2) is 19.7 Å². The third-order valence-corrected chi connectivity index (χ3v) is 2.72. The molecule has 0 fully saturated rings. The molecule has 0 atom stereocenters. The first-order chi connectivity index (χ1) is 8.12. The fraction of sp³-hybridized carbons (Fsp3) is 0.889. The Balaban J connectivity index is 3.27. The minimum absolute atomic E-state index is 0.163. The molecule has 0 bridgehead atoms. The van der Waals surface area contributed by atoms with Gasteiger partial charge < -0.3 is 14.2 Å². The van der Waals surface area contributed by atoms with Gasteiger partial charge in [-0.05, 0) is 0 Å². The summed E-state index contributed by atoms with van der Waals surface area (Å²) in [5.41, 5.74) is 0. The molecule has 0 aromatic carbocycles. The van der Waals surface area contributed by atoms with Crippen LogP contribution in [0.15, 0.2) is 0 Å². The summed E-state index contributed by atoms with van der Waals surface area (Å²) >= 11 is 0. The zero-order valence-electron chi connectivity index (χ0n) is 9.85. The summed E-state index contributed by atoms with van der Waals surface area (Å²) in [5.74, 6) is -0.548. The van der Waals surface area contributed by atoms with Crippen LogP contribution in [-0.2, 0) is 24.2 Å². The van der Waals surface area contributed by atoms with E-state index in [1.165, 1.54) is 0 Å². The summed E-state index contributed by atoms with van der Waals surface area (Å²) in [5, 5.41) is 0. The first-order valence-electron chi connectivity index (χ1n) is 5.07. The Morgan fingerprint density at radius 1 is 1.12 bits per heavy atom. The molecule has 0 amide bonds. The second-order valence-electron chi connectivity index (χ2n) is 3.01. The van der Waals surface area contributed by atoms with Crippen LogP contribution in [0.1, 0.15) is 0 Å². The molecule has 0 spiro atoms. The molecule has 0 saturated heterocycles. The van der Waals surface area contributed by atoms with Crippen molar-refractivity contribution in [3.63, 3.8) is 0 Å². The van der Waals surface area contributed by atoms with E-state index in [0.29, 0.717) is 26.4 Å². The van der Waals surface area contributed by atoms with Crippen LogP contribution in [0, 0.1) is 6.57 Å². The Bertz CT molecular complexity index is 312. The highest BCUT2D eigenvalue weighted by atomic mass is 32.2. The molecule has 0 saturated carbocycles. The third kappa shape index (κ3) is 11.5. The van der Waals surface area contributed by atoms with Crippen LogP contribution in [0.2, 0.25) is 0 Å². The molecule has 7 nitrogen and oxygen atoms in total. The quantitative estimate of drug-likeness (QED) is 0.401. The molecular formula is C9H18N2O5S. The lowest BCUT2D eigenvalue weighted by molar-refractivity contribution is 0.0262. The Kier molecular flexibility index (Phi) is 9.99. The Hall–Kier alpha value is -0.720. The Morgan fingerprint density at radius 2 is 1.71 bits per heavy atom. The summed E-state index contributed by atoms with van der Waals surface area (Å²) in [4.78, 5) is 2.79. The number of hydrogen-bond acceptors (Lipinski definition) is 5. The van der Waals surface area contributed by atoms with Crippen LogP contribution in [-0.4, -0.2) is 61.0 Å². The molecule has 0 aliphatic rings. The molecule has 0 aliphatic heterocycles. The maximum absolute atomic E-state index is 11.0. The first-order valence-corrected chi connectivity index (χ1v) is 6.72. The van der Waals surface area contributed by atoms with Gasteiger partial charge in [-0.2, -0.15) is 0 Å². The number of sulfonamides is 1. The first kappa shape index (κ1) is 16.3. The Labute approximate surface area is 102 Å². The van der Waals surface area contributed by atoms with Crippen molar-refractivity contribution in [1.82, 2.24) is 4.72 Å². The van der Waals surface area contributed by atoms with E-state index in [4.69, 9.17) is 20.8 Å². The fourth-order valence-electron chi connectivity index (χ4n) is 0.864. The molecule has 0 aromatic rings. The maximum atomic E-state index is 11.0. The highest BCUT2D eigenvalue weighted by molar-refractivity contribution is 7.89. The van der Waals surface area contributed by atoms with Gasteiger partial charge in [0.05, 0.1) is 33.0 Å². The minimum atomic E-state index is -3.47. The largest absolute Gasteiger partial charge is 0.382 e. The SMILES string of the molecule is [C-]#[N+]CS(=O)(=O)NCCOCCOCCOC. The molecule has 100 valence electrons. The van der Waals surface area contributed by atoms with Gasteiger partial charge in [-0.15, -0.1) is 0 Å². The number of hydrogen-bond donors (Lipinski definition) is 1. The van der Waals surface area contributed by atoms with Gasteiger partial charge in [-0.3, -0.25) is 4.85 Å². The van der Waals surface area contributed by atoms with Gasteiger partial charge in [0.2, 0.25) is 0 Å². The molecule has 0 unspecified atom stereocenters. The normalized spacial score (nSPS) is 11.3. The lowest BCUT2D eigenvalue weighted by atomic mass is 10.7. The summed E-state index contributed by atoms with van der Waals surface area (Å²) < 4.78 is 39.3. The van der Waals surface area contributed by atoms with E-state index < -0.39 is 15.9 Å². The molecule has 8 heteroatoms. The van der Waals surface area contributed by atoms with Crippen LogP contribution < -0.4 is 4.72 Å². The van der Waals surface area contributed by atoms with E-state index in [1.807, 2.05) is 0 Å². The molecule has 0 aliphatic carbocycles. The Morgan fingerprint density at radius 3 is 2.29 bits per heavy atom. The van der Waals surface area contributed by atoms with Crippen molar-refractivity contribution in [3.8, 4) is 0 Å². The summed E-state index contributed by atoms with van der Waals surface area (Å²) in [6.07, 6.45) is 0. The van der Waals surface area contributed by atoms with Crippen LogP contribution in [0.5, 0.6) is 0 Å². The molecule has 0 rings (SSSR count). The molecular weight excluding hydrogens is 248 g/mol. The average Bonchev–Trinajstić information content (AvgIpc) is 2.27. The zero-order chi connectivity index (χ0) is 13.0. The topological polar surface area (TPSA) is 78.2 Å². The standard InChI is InChI=1S/C9H18N2O5S/c1-10-9-17(12,13)11-3-4-15-7-8-16-6-5-14-2/h11H,3-9H2,2H3. The van der Waals surface area contributed by atoms with E-state index in [0.717, 1.165) is 0 Å². The summed E-state index contributed by atoms with van der Waals surface area (Å²) in [6.45, 7) is 8.74. The minimum Gasteiger partial charge on any atom is -0.382 e. The van der Waals surface area contributed by atoms with Crippen LogP contribution >= 0.6 is 0 Å². The van der Waals surface area contributed by atoms with E-state index in [-0.39, 0.29) is 13.2 Å². The predicted octanol–water partition coefficient (Wildman–Crippen LogP) is -0.538. The van der Waals surface area contributed by atoms with Crippen molar-refractivity contribution in [2.24, 2.45) is 0 Å². The second kappa shape index (κ2) is 10.4. The number of ether oxygens (including phenoxy) is 3. The lowest BCUT2D eigenvalue weighted by Gasteiger charge is -2.05. The van der Waals surface area contributed by atoms with Crippen molar-refractivity contribution in [3.05, 3.63) is 11.4 Å². The van der Waals surface area contributed by atoms with Crippen molar-refractivity contribution >= 4 is 10.0 Å². The van der Waals surface area contributed by atoms with Gasteiger partial charge in [0.1, 0.15) is 0 Å². The third-order valence-electron chi connectivity index (χ3n) is 1.61. The average molecular weight is 266 g/mol. The molecule has 1 N–H and O–H groups in total. The van der Waals surface area contributed by atoms with E-state index in [2.05, 4.69) is 9.57 Å². The second-order valence-corrected chi connectivity index (χ2v) is 4.79. The summed E-state index contributed by atoms with van der Waals surface area (Å²) in [6, 6.07) is 0. The van der Waals surface area contributed by atoms with Gasteiger partial charge >= 0.3 is 5.88 Å². The summed E-state index contributed by atoms with van der Waals surface area (Å²) in [7, 11) is -1.88. The van der Waals surface area contributed by atoms with E-state index in [9.17, 15) is 8.42 Å². The monoisotopic (exact) mass is 266 g/mol. The van der Waals surface area contributed by atoms with Crippen molar-refractivity contribution in [2.75, 3.05) is 52.6 Å². The van der Waals surface area contributed by atoms with Gasteiger partial charge in [0.25, 0.3) is 10.0 Å². The molecule has 0 heterocycles. The number of nitrogens with zero attached hydrogens (tertiary/aromatic N) is 1. The van der Waals surface area contributed by atoms with Crippen LogP contribution in [0.4, 0.5) is 0 Å². The highest BCUT2D eigenvalue weighted by Crippen LogP contribution is 1.84. The number of rotatable bonds is 11. The molecule has 0 aromatic heterocycles. The number of methoxy groups -OCH3 is 1. The lowest BCUT2D eigenvalue weighted by Crippen LogP contribution is -2.29. The maximum Gasteiger partial charge on any atom is 0.325 e. The van der Waals surface area contributed by atoms with E-state index >= 15 is 0 Å². The fourth-order valence-corrected chi connectivity index (χ4v) is 1.52.